The summed E-state index contributed by atoms with van der Waals surface area (Å²) in [6.07, 6.45) is 0.0833. The maximum Gasteiger partial charge on any atom is 0.272 e. The van der Waals surface area contributed by atoms with Gasteiger partial charge in [0, 0.05) is 17.0 Å². The zero-order chi connectivity index (χ0) is 19.4. The van der Waals surface area contributed by atoms with Crippen molar-refractivity contribution in [2.24, 2.45) is 0 Å². The van der Waals surface area contributed by atoms with Crippen LogP contribution < -0.4 is 10.9 Å². The van der Waals surface area contributed by atoms with Crippen LogP contribution in [-0.2, 0) is 11.2 Å². The summed E-state index contributed by atoms with van der Waals surface area (Å²) in [6, 6.07) is 14.7. The number of H-pyrrole nitrogens is 1. The second-order valence-electron chi connectivity index (χ2n) is 6.53. The fourth-order valence-electron chi connectivity index (χ4n) is 3.05. The molecule has 0 saturated carbocycles. The Bertz CT molecular complexity index is 1020. The first kappa shape index (κ1) is 19.1. The number of aromatic nitrogens is 2. The van der Waals surface area contributed by atoms with Gasteiger partial charge >= 0.3 is 0 Å². The molecule has 0 unspecified atom stereocenters. The number of likely N-dealkylation sites (N-methyl/N-ethyl adjacent to an activating group) is 1. The van der Waals surface area contributed by atoms with Crippen LogP contribution in [0.5, 0.6) is 0 Å². The monoisotopic (exact) mass is 384 g/mol. The summed E-state index contributed by atoms with van der Waals surface area (Å²) >= 11 is 6.31. The van der Waals surface area contributed by atoms with Crippen LogP contribution in [0.3, 0.4) is 0 Å². The summed E-state index contributed by atoms with van der Waals surface area (Å²) < 4.78 is 0. The molecule has 2 N–H and O–H groups in total. The lowest BCUT2D eigenvalue weighted by Gasteiger charge is -2.26. The van der Waals surface area contributed by atoms with Crippen molar-refractivity contribution < 1.29 is 4.79 Å². The molecule has 0 aliphatic carbocycles. The van der Waals surface area contributed by atoms with Crippen molar-refractivity contribution in [3.05, 3.63) is 75.2 Å². The molecular formula is C20H21ClN4O2. The SMILES string of the molecule is CN(C)[C@@H](CNC(=O)Cc1n[nH]c(=O)c2ccccc12)c1ccccc1Cl. The van der Waals surface area contributed by atoms with Crippen molar-refractivity contribution in [1.82, 2.24) is 20.4 Å². The smallest absolute Gasteiger partial charge is 0.272 e. The van der Waals surface area contributed by atoms with Crippen molar-refractivity contribution >= 4 is 28.3 Å². The van der Waals surface area contributed by atoms with Crippen LogP contribution in [0.2, 0.25) is 5.02 Å². The Hall–Kier alpha value is -2.70. The van der Waals surface area contributed by atoms with Gasteiger partial charge in [0.05, 0.1) is 23.5 Å². The van der Waals surface area contributed by atoms with Crippen molar-refractivity contribution in [3.63, 3.8) is 0 Å². The number of amides is 1. The Balaban J connectivity index is 1.74. The highest BCUT2D eigenvalue weighted by atomic mass is 35.5. The average Bonchev–Trinajstić information content (AvgIpc) is 2.65. The highest BCUT2D eigenvalue weighted by Gasteiger charge is 2.18. The van der Waals surface area contributed by atoms with Gasteiger partial charge in [0.25, 0.3) is 5.56 Å². The third-order valence-corrected chi connectivity index (χ3v) is 4.83. The van der Waals surface area contributed by atoms with E-state index >= 15 is 0 Å². The topological polar surface area (TPSA) is 78.1 Å². The quantitative estimate of drug-likeness (QED) is 0.684. The zero-order valence-electron chi connectivity index (χ0n) is 15.2. The minimum Gasteiger partial charge on any atom is -0.354 e. The number of nitrogens with zero attached hydrogens (tertiary/aromatic N) is 2. The number of hydrogen-bond acceptors (Lipinski definition) is 4. The zero-order valence-corrected chi connectivity index (χ0v) is 16.0. The second kappa shape index (κ2) is 8.33. The molecule has 0 aliphatic rings. The largest absolute Gasteiger partial charge is 0.354 e. The number of carbonyl (C=O) groups excluding carboxylic acids is 1. The van der Waals surface area contributed by atoms with Crippen LogP contribution in [0.1, 0.15) is 17.3 Å². The maximum atomic E-state index is 12.5. The molecule has 3 aromatic rings. The molecule has 1 aromatic heterocycles. The van der Waals surface area contributed by atoms with Crippen LogP contribution in [0.15, 0.2) is 53.3 Å². The van der Waals surface area contributed by atoms with Gasteiger partial charge < -0.3 is 10.2 Å². The van der Waals surface area contributed by atoms with Crippen molar-refractivity contribution in [2.45, 2.75) is 12.5 Å². The van der Waals surface area contributed by atoms with Crippen molar-refractivity contribution in [1.29, 1.82) is 0 Å². The summed E-state index contributed by atoms with van der Waals surface area (Å²) in [5.41, 5.74) is 1.24. The van der Waals surface area contributed by atoms with Crippen molar-refractivity contribution in [3.8, 4) is 0 Å². The van der Waals surface area contributed by atoms with Gasteiger partial charge in [-0.2, -0.15) is 5.10 Å². The number of nitrogens with one attached hydrogen (secondary N) is 2. The van der Waals surface area contributed by atoms with Crippen molar-refractivity contribution in [2.75, 3.05) is 20.6 Å². The first-order valence-corrected chi connectivity index (χ1v) is 8.99. The number of halogens is 1. The molecule has 0 bridgehead atoms. The van der Waals surface area contributed by atoms with Gasteiger partial charge in [0.1, 0.15) is 0 Å². The predicted molar refractivity (Wildman–Crippen MR) is 107 cm³/mol. The lowest BCUT2D eigenvalue weighted by atomic mass is 10.1. The van der Waals surface area contributed by atoms with E-state index in [1.807, 2.05) is 49.3 Å². The highest BCUT2D eigenvalue weighted by Crippen LogP contribution is 2.25. The number of hydrogen-bond donors (Lipinski definition) is 2. The van der Waals surface area contributed by atoms with E-state index in [9.17, 15) is 9.59 Å². The van der Waals surface area contributed by atoms with Crippen LogP contribution >= 0.6 is 11.6 Å². The van der Waals surface area contributed by atoms with Gasteiger partial charge in [-0.3, -0.25) is 9.59 Å². The molecule has 1 atom stereocenters. The van der Waals surface area contributed by atoms with Gasteiger partial charge in [0.2, 0.25) is 5.91 Å². The number of carbonyl (C=O) groups is 1. The Morgan fingerprint density at radius 3 is 2.52 bits per heavy atom. The number of benzene rings is 2. The molecule has 27 heavy (non-hydrogen) atoms. The Kier molecular flexibility index (Phi) is 5.88. The molecule has 6 nitrogen and oxygen atoms in total. The fraction of sp³-hybridized carbons (Fsp3) is 0.250. The predicted octanol–water partition coefficient (Wildman–Crippen LogP) is 2.54. The third-order valence-electron chi connectivity index (χ3n) is 4.48. The maximum absolute atomic E-state index is 12.5. The summed E-state index contributed by atoms with van der Waals surface area (Å²) in [5, 5.41) is 11.3. The number of aromatic amines is 1. The molecule has 2 aromatic carbocycles. The molecule has 1 heterocycles. The lowest BCUT2D eigenvalue weighted by Crippen LogP contribution is -2.35. The molecule has 140 valence electrons. The Labute approximate surface area is 162 Å². The Morgan fingerprint density at radius 2 is 1.81 bits per heavy atom. The third kappa shape index (κ3) is 4.35. The average molecular weight is 385 g/mol. The molecule has 0 saturated heterocycles. The van der Waals surface area contributed by atoms with E-state index in [-0.39, 0.29) is 23.9 Å². The van der Waals surface area contributed by atoms with E-state index in [1.165, 1.54) is 0 Å². The molecule has 0 radical (unpaired) electrons. The molecule has 0 fully saturated rings. The van der Waals surface area contributed by atoms with Crippen LogP contribution in [0.4, 0.5) is 0 Å². The van der Waals surface area contributed by atoms with Gasteiger partial charge in [-0.05, 0) is 31.8 Å². The minimum absolute atomic E-state index is 0.0528. The molecule has 1 amide bonds. The summed E-state index contributed by atoms with van der Waals surface area (Å²) in [4.78, 5) is 26.4. The molecule has 0 aliphatic heterocycles. The molecule has 7 heteroatoms. The second-order valence-corrected chi connectivity index (χ2v) is 6.93. The van der Waals surface area contributed by atoms with Gasteiger partial charge in [0.15, 0.2) is 0 Å². The summed E-state index contributed by atoms with van der Waals surface area (Å²) in [5.74, 6) is -0.168. The van der Waals surface area contributed by atoms with Gasteiger partial charge in [-0.25, -0.2) is 5.10 Å². The van der Waals surface area contributed by atoms with E-state index in [1.54, 1.807) is 18.2 Å². The van der Waals surface area contributed by atoms with Gasteiger partial charge in [-0.15, -0.1) is 0 Å². The minimum atomic E-state index is -0.263. The highest BCUT2D eigenvalue weighted by molar-refractivity contribution is 6.31. The lowest BCUT2D eigenvalue weighted by molar-refractivity contribution is -0.120. The van der Waals surface area contributed by atoms with E-state index < -0.39 is 0 Å². The molecule has 3 rings (SSSR count). The standard InChI is InChI=1S/C20H21ClN4O2/c1-25(2)18(15-9-5-6-10-16(15)21)12-22-19(26)11-17-13-7-3-4-8-14(13)20(27)24-23-17/h3-10,18H,11-12H2,1-2H3,(H,22,26)(H,24,27)/t18-/m0/s1. The van der Waals surface area contributed by atoms with E-state index in [4.69, 9.17) is 11.6 Å². The van der Waals surface area contributed by atoms with Gasteiger partial charge in [-0.1, -0.05) is 48.0 Å². The number of rotatable bonds is 6. The summed E-state index contributed by atoms with van der Waals surface area (Å²) in [6.45, 7) is 0.414. The van der Waals surface area contributed by atoms with E-state index in [0.29, 0.717) is 28.0 Å². The summed E-state index contributed by atoms with van der Waals surface area (Å²) in [7, 11) is 3.88. The van der Waals surface area contributed by atoms with Crippen LogP contribution in [0, 0.1) is 0 Å². The number of fused-ring (bicyclic) bond motifs is 1. The first-order chi connectivity index (χ1) is 13.0. The van der Waals surface area contributed by atoms with E-state index in [2.05, 4.69) is 15.5 Å². The van der Waals surface area contributed by atoms with E-state index in [0.717, 1.165) is 5.56 Å². The van der Waals surface area contributed by atoms with Crippen LogP contribution in [-0.4, -0.2) is 41.6 Å². The van der Waals surface area contributed by atoms with Crippen LogP contribution in [0.25, 0.3) is 10.8 Å². The normalized spacial score (nSPS) is 12.3. The first-order valence-electron chi connectivity index (χ1n) is 8.61. The molecule has 0 spiro atoms. The Morgan fingerprint density at radius 1 is 1.15 bits per heavy atom. The fourth-order valence-corrected chi connectivity index (χ4v) is 3.31. The molecular weight excluding hydrogens is 364 g/mol.